The number of nitrogens with one attached hydrogen (secondary N) is 1. The Morgan fingerprint density at radius 3 is 2.14 bits per heavy atom. The number of halogens is 1. The van der Waals surface area contributed by atoms with E-state index in [1.807, 2.05) is 18.2 Å². The molecular formula is C17H16ClNS2. The number of benzene rings is 1. The topological polar surface area (TPSA) is 12.0 Å². The average molecular weight is 334 g/mol. The molecule has 0 saturated heterocycles. The van der Waals surface area contributed by atoms with Crippen LogP contribution in [-0.2, 0) is 0 Å². The molecule has 0 bridgehead atoms. The molecule has 1 nitrogen and oxygen atoms in total. The van der Waals surface area contributed by atoms with E-state index in [-0.39, 0.29) is 12.1 Å². The van der Waals surface area contributed by atoms with Gasteiger partial charge in [0.25, 0.3) is 0 Å². The van der Waals surface area contributed by atoms with Crippen LogP contribution in [0.1, 0.15) is 34.3 Å². The normalized spacial score (nSPS) is 12.7. The van der Waals surface area contributed by atoms with Gasteiger partial charge in [0, 0.05) is 20.8 Å². The highest BCUT2D eigenvalue weighted by Gasteiger charge is 2.19. The highest BCUT2D eigenvalue weighted by Crippen LogP contribution is 2.31. The first kappa shape index (κ1) is 14.8. The van der Waals surface area contributed by atoms with Crippen molar-refractivity contribution in [3.63, 3.8) is 0 Å². The summed E-state index contributed by atoms with van der Waals surface area (Å²) in [5.74, 6) is 0. The zero-order valence-corrected chi connectivity index (χ0v) is 14.0. The highest BCUT2D eigenvalue weighted by atomic mass is 35.5. The van der Waals surface area contributed by atoms with Crippen LogP contribution in [0.3, 0.4) is 0 Å². The molecule has 0 saturated carbocycles. The second kappa shape index (κ2) is 6.75. The van der Waals surface area contributed by atoms with E-state index in [1.54, 1.807) is 22.7 Å². The molecule has 3 aromatic rings. The lowest BCUT2D eigenvalue weighted by Gasteiger charge is -2.22. The molecule has 108 valence electrons. The summed E-state index contributed by atoms with van der Waals surface area (Å²) in [5.41, 5.74) is 1.21. The number of rotatable bonds is 5. The summed E-state index contributed by atoms with van der Waals surface area (Å²) in [4.78, 5) is 2.68. The molecule has 3 rings (SSSR count). The minimum absolute atomic E-state index is 0.234. The minimum Gasteiger partial charge on any atom is -0.298 e. The van der Waals surface area contributed by atoms with E-state index in [9.17, 15) is 0 Å². The van der Waals surface area contributed by atoms with Crippen molar-refractivity contribution in [3.05, 3.63) is 79.6 Å². The molecule has 0 aliphatic carbocycles. The Morgan fingerprint density at radius 2 is 1.62 bits per heavy atom. The van der Waals surface area contributed by atoms with Crippen molar-refractivity contribution in [2.45, 2.75) is 19.0 Å². The van der Waals surface area contributed by atoms with Gasteiger partial charge < -0.3 is 0 Å². The van der Waals surface area contributed by atoms with E-state index >= 15 is 0 Å². The first-order chi connectivity index (χ1) is 10.2. The van der Waals surface area contributed by atoms with Crippen molar-refractivity contribution in [3.8, 4) is 0 Å². The second-order valence-electron chi connectivity index (χ2n) is 4.91. The summed E-state index contributed by atoms with van der Waals surface area (Å²) >= 11 is 9.68. The van der Waals surface area contributed by atoms with Gasteiger partial charge >= 0.3 is 0 Å². The largest absolute Gasteiger partial charge is 0.298 e. The fourth-order valence-corrected chi connectivity index (χ4v) is 4.22. The van der Waals surface area contributed by atoms with Crippen LogP contribution >= 0.6 is 34.3 Å². The summed E-state index contributed by atoms with van der Waals surface area (Å²) in [6.45, 7) is 2.18. The molecule has 0 fully saturated rings. The van der Waals surface area contributed by atoms with Crippen LogP contribution in [0.5, 0.6) is 0 Å². The molecule has 1 unspecified atom stereocenters. The maximum atomic E-state index is 6.10. The van der Waals surface area contributed by atoms with E-state index < -0.39 is 0 Å². The average Bonchev–Trinajstić information content (AvgIpc) is 3.18. The molecular weight excluding hydrogens is 318 g/mol. The van der Waals surface area contributed by atoms with E-state index in [2.05, 4.69) is 53.3 Å². The van der Waals surface area contributed by atoms with Gasteiger partial charge in [-0.1, -0.05) is 35.9 Å². The third-order valence-corrected chi connectivity index (χ3v) is 5.53. The molecule has 2 heterocycles. The first-order valence-electron chi connectivity index (χ1n) is 6.82. The predicted molar refractivity (Wildman–Crippen MR) is 93.5 cm³/mol. The molecule has 1 N–H and O–H groups in total. The van der Waals surface area contributed by atoms with Gasteiger partial charge in [-0.25, -0.2) is 0 Å². The van der Waals surface area contributed by atoms with Crippen LogP contribution in [0.25, 0.3) is 0 Å². The Kier molecular flexibility index (Phi) is 4.76. The monoisotopic (exact) mass is 333 g/mol. The SMILES string of the molecule is CC(NC(c1cccs1)c1cccs1)c1cccc(Cl)c1. The lowest BCUT2D eigenvalue weighted by atomic mass is 10.1. The zero-order chi connectivity index (χ0) is 14.7. The van der Waals surface area contributed by atoms with E-state index in [4.69, 9.17) is 11.6 Å². The van der Waals surface area contributed by atoms with Gasteiger partial charge in [0.15, 0.2) is 0 Å². The molecule has 1 atom stereocenters. The van der Waals surface area contributed by atoms with Crippen LogP contribution in [0, 0.1) is 0 Å². The highest BCUT2D eigenvalue weighted by molar-refractivity contribution is 7.11. The second-order valence-corrected chi connectivity index (χ2v) is 7.30. The maximum Gasteiger partial charge on any atom is 0.0769 e. The molecule has 0 aliphatic heterocycles. The summed E-state index contributed by atoms with van der Waals surface area (Å²) in [6.07, 6.45) is 0. The molecule has 0 spiro atoms. The summed E-state index contributed by atoms with van der Waals surface area (Å²) < 4.78 is 0. The van der Waals surface area contributed by atoms with Crippen molar-refractivity contribution in [2.24, 2.45) is 0 Å². The van der Waals surface area contributed by atoms with E-state index in [0.29, 0.717) is 0 Å². The Balaban J connectivity index is 1.85. The third-order valence-electron chi connectivity index (χ3n) is 3.42. The third kappa shape index (κ3) is 3.55. The van der Waals surface area contributed by atoms with Crippen LogP contribution in [0.2, 0.25) is 5.02 Å². The Morgan fingerprint density at radius 1 is 0.952 bits per heavy atom. The fourth-order valence-electron chi connectivity index (χ4n) is 2.34. The maximum absolute atomic E-state index is 6.10. The van der Waals surface area contributed by atoms with Crippen LogP contribution in [0.4, 0.5) is 0 Å². The predicted octanol–water partition coefficient (Wildman–Crippen LogP) is 5.90. The fraction of sp³-hybridized carbons (Fsp3) is 0.176. The van der Waals surface area contributed by atoms with Gasteiger partial charge in [0.1, 0.15) is 0 Å². The molecule has 0 amide bonds. The van der Waals surface area contributed by atoms with Gasteiger partial charge in [-0.15, -0.1) is 22.7 Å². The molecule has 4 heteroatoms. The van der Waals surface area contributed by atoms with Crippen LogP contribution in [0.15, 0.2) is 59.3 Å². The Bertz CT molecular complexity index is 642. The van der Waals surface area contributed by atoms with Gasteiger partial charge in [-0.05, 0) is 47.5 Å². The van der Waals surface area contributed by atoms with E-state index in [0.717, 1.165) is 5.02 Å². The first-order valence-corrected chi connectivity index (χ1v) is 8.96. The molecule has 21 heavy (non-hydrogen) atoms. The van der Waals surface area contributed by atoms with Gasteiger partial charge in [-0.2, -0.15) is 0 Å². The lowest BCUT2D eigenvalue weighted by molar-refractivity contribution is 0.526. The van der Waals surface area contributed by atoms with Gasteiger partial charge in [0.05, 0.1) is 6.04 Å². The summed E-state index contributed by atoms with van der Waals surface area (Å²) in [6, 6.07) is 17.1. The number of hydrogen-bond donors (Lipinski definition) is 1. The Hall–Kier alpha value is -1.13. The molecule has 2 aromatic heterocycles. The van der Waals surface area contributed by atoms with Crippen molar-refractivity contribution < 1.29 is 0 Å². The Labute approximate surface area is 138 Å². The van der Waals surface area contributed by atoms with E-state index in [1.165, 1.54) is 15.3 Å². The zero-order valence-electron chi connectivity index (χ0n) is 11.6. The quantitative estimate of drug-likeness (QED) is 0.612. The van der Waals surface area contributed by atoms with Gasteiger partial charge in [0.2, 0.25) is 0 Å². The lowest BCUT2D eigenvalue weighted by Crippen LogP contribution is -2.24. The van der Waals surface area contributed by atoms with Crippen molar-refractivity contribution in [1.82, 2.24) is 5.32 Å². The molecule has 0 radical (unpaired) electrons. The van der Waals surface area contributed by atoms with Crippen molar-refractivity contribution in [1.29, 1.82) is 0 Å². The minimum atomic E-state index is 0.234. The summed E-state index contributed by atoms with van der Waals surface area (Å²) in [7, 11) is 0. The van der Waals surface area contributed by atoms with Crippen molar-refractivity contribution in [2.75, 3.05) is 0 Å². The smallest absolute Gasteiger partial charge is 0.0769 e. The molecule has 1 aromatic carbocycles. The number of hydrogen-bond acceptors (Lipinski definition) is 3. The van der Waals surface area contributed by atoms with Crippen LogP contribution < -0.4 is 5.32 Å². The van der Waals surface area contributed by atoms with Crippen molar-refractivity contribution >= 4 is 34.3 Å². The standard InChI is InChI=1S/C17H16ClNS2/c1-12(13-5-2-6-14(18)11-13)19-17(15-7-3-9-20-15)16-8-4-10-21-16/h2-12,17,19H,1H3. The number of thiophene rings is 2. The molecule has 0 aliphatic rings. The van der Waals surface area contributed by atoms with Gasteiger partial charge in [-0.3, -0.25) is 5.32 Å². The summed E-state index contributed by atoms with van der Waals surface area (Å²) in [5, 5.41) is 8.76. The van der Waals surface area contributed by atoms with Crippen LogP contribution in [-0.4, -0.2) is 0 Å².